The van der Waals surface area contributed by atoms with Crippen LogP contribution in [0.25, 0.3) is 0 Å². The van der Waals surface area contributed by atoms with Gasteiger partial charge in [0, 0.05) is 30.2 Å². The number of hydrogen-bond donors (Lipinski definition) is 4. The van der Waals surface area contributed by atoms with Gasteiger partial charge in [0.25, 0.3) is 0 Å². The summed E-state index contributed by atoms with van der Waals surface area (Å²) in [5.74, 6) is 0.472. The molecule has 20 heavy (non-hydrogen) atoms. The Hall–Kier alpha value is -0.841. The summed E-state index contributed by atoms with van der Waals surface area (Å²) in [6.45, 7) is 1.29. The van der Waals surface area contributed by atoms with E-state index >= 15 is 0 Å². The zero-order valence-corrected chi connectivity index (χ0v) is 14.4. The van der Waals surface area contributed by atoms with Crippen molar-refractivity contribution in [3.8, 4) is 11.5 Å². The number of phenols is 2. The van der Waals surface area contributed by atoms with Gasteiger partial charge in [0.15, 0.2) is 0 Å². The normalized spacial score (nSPS) is 9.00. The Morgan fingerprint density at radius 2 is 1.10 bits per heavy atom. The quantitative estimate of drug-likeness (QED) is 0.348. The molecule has 0 unspecified atom stereocenters. The van der Waals surface area contributed by atoms with E-state index in [0.29, 0.717) is 24.5 Å². The molecule has 0 fully saturated rings. The third kappa shape index (κ3) is 5.65. The van der Waals surface area contributed by atoms with Gasteiger partial charge in [-0.15, -0.1) is 0 Å². The molecule has 104 valence electrons. The van der Waals surface area contributed by atoms with E-state index in [1.54, 1.807) is 24.3 Å². The predicted octanol–water partition coefficient (Wildman–Crippen LogP) is -0.264. The second-order valence-electron chi connectivity index (χ2n) is 3.89. The van der Waals surface area contributed by atoms with Crippen LogP contribution >= 0.6 is 0 Å². The van der Waals surface area contributed by atoms with Gasteiger partial charge >= 0.3 is 29.6 Å². The van der Waals surface area contributed by atoms with Crippen molar-refractivity contribution in [2.45, 2.75) is 0 Å². The van der Waals surface area contributed by atoms with Crippen LogP contribution in [0.15, 0.2) is 48.5 Å². The standard InChI is InChI=1S/C14H16N2O2.Fe.Na.H/c17-13-7-3-1-5-11(13)15-9-10-16-12-6-2-4-8-14(12)18;;;/h1-8,15-18H,9-10H2;;;/q;;+1;-1. The number of anilines is 2. The fourth-order valence-electron chi connectivity index (χ4n) is 1.64. The van der Waals surface area contributed by atoms with Crippen molar-refractivity contribution in [2.24, 2.45) is 0 Å². The maximum atomic E-state index is 9.55. The fraction of sp³-hybridized carbons (Fsp3) is 0.143. The molecule has 2 rings (SSSR count). The number of para-hydroxylation sites is 4. The third-order valence-corrected chi connectivity index (χ3v) is 2.56. The van der Waals surface area contributed by atoms with Gasteiger partial charge in [-0.3, -0.25) is 0 Å². The first-order chi connectivity index (χ1) is 8.77. The van der Waals surface area contributed by atoms with Crippen LogP contribution in [-0.2, 0) is 17.1 Å². The first-order valence-corrected chi connectivity index (χ1v) is 5.81. The summed E-state index contributed by atoms with van der Waals surface area (Å²) in [5, 5.41) is 25.3. The van der Waals surface area contributed by atoms with Crippen molar-refractivity contribution >= 4 is 11.4 Å². The van der Waals surface area contributed by atoms with Crippen LogP contribution in [0.1, 0.15) is 1.43 Å². The summed E-state index contributed by atoms with van der Waals surface area (Å²) in [6.07, 6.45) is 0. The first kappa shape index (κ1) is 19.2. The van der Waals surface area contributed by atoms with Gasteiger partial charge in [-0.25, -0.2) is 0 Å². The first-order valence-electron chi connectivity index (χ1n) is 5.81. The minimum Gasteiger partial charge on any atom is -1.00 e. The van der Waals surface area contributed by atoms with Crippen LogP contribution in [0.4, 0.5) is 11.4 Å². The van der Waals surface area contributed by atoms with Crippen molar-refractivity contribution in [3.63, 3.8) is 0 Å². The molecule has 0 saturated carbocycles. The summed E-state index contributed by atoms with van der Waals surface area (Å²) in [4.78, 5) is 0. The molecule has 0 aromatic heterocycles. The molecule has 0 bridgehead atoms. The number of benzene rings is 2. The molecule has 4 nitrogen and oxygen atoms in total. The van der Waals surface area contributed by atoms with Crippen LogP contribution in [-0.4, -0.2) is 23.3 Å². The van der Waals surface area contributed by atoms with Gasteiger partial charge in [-0.2, -0.15) is 0 Å². The third-order valence-electron chi connectivity index (χ3n) is 2.56. The second kappa shape index (κ2) is 9.97. The number of aromatic hydroxyl groups is 2. The van der Waals surface area contributed by atoms with Crippen LogP contribution in [0.2, 0.25) is 0 Å². The van der Waals surface area contributed by atoms with Crippen LogP contribution in [0.3, 0.4) is 0 Å². The second-order valence-corrected chi connectivity index (χ2v) is 3.89. The molecule has 0 aliphatic heterocycles. The Bertz CT molecular complexity index is 484. The molecule has 2 aromatic carbocycles. The van der Waals surface area contributed by atoms with Crippen molar-refractivity contribution in [2.75, 3.05) is 23.7 Å². The van der Waals surface area contributed by atoms with Crippen molar-refractivity contribution in [1.29, 1.82) is 0 Å². The van der Waals surface area contributed by atoms with E-state index in [-0.39, 0.29) is 59.6 Å². The molecule has 0 aliphatic rings. The summed E-state index contributed by atoms with van der Waals surface area (Å²) in [6, 6.07) is 14.2. The maximum Gasteiger partial charge on any atom is 1.00 e. The molecule has 0 spiro atoms. The summed E-state index contributed by atoms with van der Waals surface area (Å²) in [5.41, 5.74) is 1.41. The van der Waals surface area contributed by atoms with Gasteiger partial charge in [-0.05, 0) is 24.3 Å². The molecule has 0 aliphatic carbocycles. The zero-order valence-electron chi connectivity index (χ0n) is 12.3. The van der Waals surface area contributed by atoms with Crippen LogP contribution < -0.4 is 40.2 Å². The van der Waals surface area contributed by atoms with Crippen molar-refractivity contribution < 1.29 is 58.3 Å². The number of rotatable bonds is 5. The molecule has 0 amide bonds. The van der Waals surface area contributed by atoms with E-state index in [1.165, 1.54) is 0 Å². The Kier molecular flexibility index (Phi) is 9.55. The van der Waals surface area contributed by atoms with Crippen molar-refractivity contribution in [1.82, 2.24) is 0 Å². The molecule has 0 saturated heterocycles. The number of nitrogens with one attached hydrogen (secondary N) is 2. The minimum absolute atomic E-state index is 0. The maximum absolute atomic E-state index is 9.55. The van der Waals surface area contributed by atoms with E-state index in [1.807, 2.05) is 24.3 Å². The predicted molar refractivity (Wildman–Crippen MR) is 74.3 cm³/mol. The molecule has 6 heteroatoms. The summed E-state index contributed by atoms with van der Waals surface area (Å²) < 4.78 is 0. The zero-order chi connectivity index (χ0) is 12.8. The van der Waals surface area contributed by atoms with Gasteiger partial charge in [0.2, 0.25) is 0 Å². The Balaban J connectivity index is 0. The molecule has 0 atom stereocenters. The molecule has 0 heterocycles. The van der Waals surface area contributed by atoms with Gasteiger partial charge in [0.05, 0.1) is 11.4 Å². The van der Waals surface area contributed by atoms with E-state index < -0.39 is 0 Å². The van der Waals surface area contributed by atoms with E-state index in [9.17, 15) is 10.2 Å². The molecular formula is C14H17FeN2NaO2. The van der Waals surface area contributed by atoms with Crippen LogP contribution in [0, 0.1) is 0 Å². The van der Waals surface area contributed by atoms with E-state index in [4.69, 9.17) is 0 Å². The summed E-state index contributed by atoms with van der Waals surface area (Å²) in [7, 11) is 0. The molecule has 4 N–H and O–H groups in total. The average molecular weight is 324 g/mol. The monoisotopic (exact) mass is 324 g/mol. The smallest absolute Gasteiger partial charge is 1.00 e. The molecule has 2 aromatic rings. The van der Waals surface area contributed by atoms with Crippen molar-refractivity contribution in [3.05, 3.63) is 48.5 Å². The molecule has 0 radical (unpaired) electrons. The Labute approximate surface area is 152 Å². The van der Waals surface area contributed by atoms with Gasteiger partial charge < -0.3 is 22.3 Å². The average Bonchev–Trinajstić information content (AvgIpc) is 2.38. The van der Waals surface area contributed by atoms with Gasteiger partial charge in [-0.1, -0.05) is 24.3 Å². The van der Waals surface area contributed by atoms with E-state index in [0.717, 1.165) is 0 Å². The Morgan fingerprint density at radius 1 is 0.750 bits per heavy atom. The summed E-state index contributed by atoms with van der Waals surface area (Å²) >= 11 is 0. The largest absolute Gasteiger partial charge is 1.00 e. The number of phenolic OH excluding ortho intramolecular Hbond substituents is 2. The number of hydrogen-bond acceptors (Lipinski definition) is 4. The van der Waals surface area contributed by atoms with Gasteiger partial charge in [0.1, 0.15) is 11.5 Å². The van der Waals surface area contributed by atoms with Crippen LogP contribution in [0.5, 0.6) is 11.5 Å². The topological polar surface area (TPSA) is 64.5 Å². The minimum atomic E-state index is 0. The SMILES string of the molecule is Oc1ccccc1NCCNc1ccccc1O.[Fe].[H-].[Na+]. The van der Waals surface area contributed by atoms with E-state index in [2.05, 4.69) is 10.6 Å². The molecular weight excluding hydrogens is 307 g/mol. The Morgan fingerprint density at radius 3 is 1.45 bits per heavy atom. The fourth-order valence-corrected chi connectivity index (χ4v) is 1.64.